The molecule has 0 unspecified atom stereocenters. The summed E-state index contributed by atoms with van der Waals surface area (Å²) in [4.78, 5) is 38.7. The third kappa shape index (κ3) is 7.52. The molecule has 0 aliphatic carbocycles. The quantitative estimate of drug-likeness (QED) is 0.264. The first kappa shape index (κ1) is 28.1. The standard InChI is InChI=1S/C28H30FN3O6/c1-3-15-30-28(34)25(16-20-9-5-4-6-10-20)31(18-21-11-7-8-12-23(21)29)27(33)19-38-22-13-14-24(32(35)36)26(17-22)37-2/h4-14,17,25H,3,15-16,18-19H2,1-2H3,(H,30,34)/t25-/m1/s1. The van der Waals surface area contributed by atoms with Crippen molar-refractivity contribution < 1.29 is 28.4 Å². The van der Waals surface area contributed by atoms with Crippen LogP contribution in [0.25, 0.3) is 0 Å². The molecule has 0 heterocycles. The first-order chi connectivity index (χ1) is 18.3. The van der Waals surface area contributed by atoms with E-state index in [-0.39, 0.29) is 41.6 Å². The lowest BCUT2D eigenvalue weighted by Crippen LogP contribution is -2.51. The number of carbonyl (C=O) groups excluding carboxylic acids is 2. The van der Waals surface area contributed by atoms with Crippen molar-refractivity contribution in [3.05, 3.63) is 99.9 Å². The van der Waals surface area contributed by atoms with E-state index in [0.717, 1.165) is 5.56 Å². The van der Waals surface area contributed by atoms with Crippen molar-refractivity contribution in [2.75, 3.05) is 20.3 Å². The van der Waals surface area contributed by atoms with Gasteiger partial charge in [-0.3, -0.25) is 19.7 Å². The maximum absolute atomic E-state index is 14.6. The largest absolute Gasteiger partial charge is 0.490 e. The molecule has 10 heteroatoms. The van der Waals surface area contributed by atoms with Gasteiger partial charge < -0.3 is 19.7 Å². The number of halogens is 1. The van der Waals surface area contributed by atoms with Crippen molar-refractivity contribution >= 4 is 17.5 Å². The molecule has 38 heavy (non-hydrogen) atoms. The van der Waals surface area contributed by atoms with Crippen molar-refractivity contribution in [2.24, 2.45) is 0 Å². The van der Waals surface area contributed by atoms with Gasteiger partial charge in [-0.2, -0.15) is 0 Å². The molecule has 1 atom stereocenters. The van der Waals surface area contributed by atoms with Crippen molar-refractivity contribution in [3.63, 3.8) is 0 Å². The highest BCUT2D eigenvalue weighted by Crippen LogP contribution is 2.31. The second-order valence-corrected chi connectivity index (χ2v) is 8.49. The third-order valence-electron chi connectivity index (χ3n) is 5.83. The summed E-state index contributed by atoms with van der Waals surface area (Å²) in [6.45, 7) is 1.70. The van der Waals surface area contributed by atoms with E-state index in [1.54, 1.807) is 18.2 Å². The molecular weight excluding hydrogens is 493 g/mol. The zero-order valence-corrected chi connectivity index (χ0v) is 21.3. The number of ether oxygens (including phenoxy) is 2. The maximum atomic E-state index is 14.6. The summed E-state index contributed by atoms with van der Waals surface area (Å²) in [5, 5.41) is 14.0. The minimum atomic E-state index is -0.939. The van der Waals surface area contributed by atoms with Gasteiger partial charge >= 0.3 is 5.69 Å². The number of nitrogens with zero attached hydrogens (tertiary/aromatic N) is 2. The monoisotopic (exact) mass is 523 g/mol. The van der Waals surface area contributed by atoms with Crippen LogP contribution >= 0.6 is 0 Å². The lowest BCUT2D eigenvalue weighted by molar-refractivity contribution is -0.385. The van der Waals surface area contributed by atoms with E-state index in [1.165, 1.54) is 36.3 Å². The van der Waals surface area contributed by atoms with Gasteiger partial charge in [-0.25, -0.2) is 4.39 Å². The number of hydrogen-bond donors (Lipinski definition) is 1. The number of nitrogens with one attached hydrogen (secondary N) is 1. The second kappa shape index (κ2) is 13.7. The van der Waals surface area contributed by atoms with E-state index in [1.807, 2.05) is 37.3 Å². The number of rotatable bonds is 13. The first-order valence-electron chi connectivity index (χ1n) is 12.1. The van der Waals surface area contributed by atoms with E-state index >= 15 is 0 Å². The highest BCUT2D eigenvalue weighted by molar-refractivity contribution is 5.88. The summed E-state index contributed by atoms with van der Waals surface area (Å²) < 4.78 is 25.3. The van der Waals surface area contributed by atoms with E-state index in [9.17, 15) is 24.1 Å². The summed E-state index contributed by atoms with van der Waals surface area (Å²) in [5.41, 5.74) is 0.832. The van der Waals surface area contributed by atoms with Crippen molar-refractivity contribution in [1.82, 2.24) is 10.2 Å². The lowest BCUT2D eigenvalue weighted by atomic mass is 10.0. The predicted octanol–water partition coefficient (Wildman–Crippen LogP) is 4.29. The van der Waals surface area contributed by atoms with Crippen LogP contribution in [0.15, 0.2) is 72.8 Å². The maximum Gasteiger partial charge on any atom is 0.311 e. The van der Waals surface area contributed by atoms with Crippen LogP contribution in [-0.2, 0) is 22.6 Å². The smallest absolute Gasteiger partial charge is 0.311 e. The van der Waals surface area contributed by atoms with Crippen LogP contribution < -0.4 is 14.8 Å². The number of nitro groups is 1. The van der Waals surface area contributed by atoms with Gasteiger partial charge in [-0.05, 0) is 24.1 Å². The number of nitro benzene ring substituents is 1. The van der Waals surface area contributed by atoms with E-state index in [0.29, 0.717) is 13.0 Å². The highest BCUT2D eigenvalue weighted by Gasteiger charge is 2.31. The average molecular weight is 524 g/mol. The van der Waals surface area contributed by atoms with Crippen LogP contribution in [0.3, 0.4) is 0 Å². The summed E-state index contributed by atoms with van der Waals surface area (Å²) in [7, 11) is 1.29. The van der Waals surface area contributed by atoms with Crippen LogP contribution in [0.5, 0.6) is 11.5 Å². The third-order valence-corrected chi connectivity index (χ3v) is 5.83. The fourth-order valence-corrected chi connectivity index (χ4v) is 3.86. The molecule has 0 bridgehead atoms. The summed E-state index contributed by atoms with van der Waals surface area (Å²) >= 11 is 0. The van der Waals surface area contributed by atoms with Crippen molar-refractivity contribution in [2.45, 2.75) is 32.4 Å². The van der Waals surface area contributed by atoms with Gasteiger partial charge in [0, 0.05) is 37.2 Å². The summed E-state index contributed by atoms with van der Waals surface area (Å²) in [6.07, 6.45) is 0.915. The molecule has 3 aromatic carbocycles. The fourth-order valence-electron chi connectivity index (χ4n) is 3.86. The Balaban J connectivity index is 1.91. The van der Waals surface area contributed by atoms with Gasteiger partial charge in [0.05, 0.1) is 12.0 Å². The molecular formula is C28H30FN3O6. The first-order valence-corrected chi connectivity index (χ1v) is 12.1. The van der Waals surface area contributed by atoms with Crippen LogP contribution in [0.1, 0.15) is 24.5 Å². The minimum Gasteiger partial charge on any atom is -0.490 e. The molecule has 200 valence electrons. The Labute approximate surface area is 220 Å². The highest BCUT2D eigenvalue weighted by atomic mass is 19.1. The van der Waals surface area contributed by atoms with Crippen LogP contribution in [-0.4, -0.2) is 47.9 Å². The molecule has 1 N–H and O–H groups in total. The topological polar surface area (TPSA) is 111 Å². The summed E-state index contributed by atoms with van der Waals surface area (Å²) in [5.74, 6) is -1.28. The molecule has 0 spiro atoms. The number of hydrogen-bond acceptors (Lipinski definition) is 6. The van der Waals surface area contributed by atoms with Crippen molar-refractivity contribution in [1.29, 1.82) is 0 Å². The van der Waals surface area contributed by atoms with Crippen LogP contribution in [0, 0.1) is 15.9 Å². The summed E-state index contributed by atoms with van der Waals surface area (Å²) in [6, 6.07) is 18.2. The van der Waals surface area contributed by atoms with E-state index in [4.69, 9.17) is 9.47 Å². The Morgan fingerprint density at radius 3 is 2.45 bits per heavy atom. The molecule has 2 amide bonds. The number of amides is 2. The zero-order chi connectivity index (χ0) is 27.5. The second-order valence-electron chi connectivity index (χ2n) is 8.49. The number of benzene rings is 3. The van der Waals surface area contributed by atoms with E-state index < -0.39 is 29.3 Å². The van der Waals surface area contributed by atoms with Gasteiger partial charge in [0.1, 0.15) is 17.6 Å². The molecule has 0 aliphatic heterocycles. The lowest BCUT2D eigenvalue weighted by Gasteiger charge is -2.31. The molecule has 9 nitrogen and oxygen atoms in total. The zero-order valence-electron chi connectivity index (χ0n) is 21.3. The molecule has 0 aromatic heterocycles. The molecule has 0 saturated heterocycles. The van der Waals surface area contributed by atoms with Crippen molar-refractivity contribution in [3.8, 4) is 11.5 Å². The minimum absolute atomic E-state index is 0.0240. The normalized spacial score (nSPS) is 11.3. The van der Waals surface area contributed by atoms with Gasteiger partial charge in [0.25, 0.3) is 5.91 Å². The van der Waals surface area contributed by atoms with E-state index in [2.05, 4.69) is 5.32 Å². The molecule has 3 rings (SSSR count). The van der Waals surface area contributed by atoms with Crippen LogP contribution in [0.4, 0.5) is 10.1 Å². The van der Waals surface area contributed by atoms with Gasteiger partial charge in [-0.15, -0.1) is 0 Å². The number of carbonyl (C=O) groups is 2. The molecule has 0 fully saturated rings. The molecule has 3 aromatic rings. The Morgan fingerprint density at radius 1 is 1.08 bits per heavy atom. The molecule has 0 saturated carbocycles. The average Bonchev–Trinajstić information content (AvgIpc) is 2.93. The van der Waals surface area contributed by atoms with Gasteiger partial charge in [0.2, 0.25) is 11.7 Å². The Hall–Kier alpha value is -4.47. The predicted molar refractivity (Wildman–Crippen MR) is 139 cm³/mol. The molecule has 0 aliphatic rings. The van der Waals surface area contributed by atoms with Gasteiger partial charge in [0.15, 0.2) is 6.61 Å². The Kier molecular flexibility index (Phi) is 10.2. The number of methoxy groups -OCH3 is 1. The van der Waals surface area contributed by atoms with Crippen LogP contribution in [0.2, 0.25) is 0 Å². The van der Waals surface area contributed by atoms with Gasteiger partial charge in [-0.1, -0.05) is 55.5 Å². The molecule has 0 radical (unpaired) electrons. The Morgan fingerprint density at radius 2 is 1.79 bits per heavy atom. The SMILES string of the molecule is CCCNC(=O)[C@@H](Cc1ccccc1)N(Cc1ccccc1F)C(=O)COc1ccc([N+](=O)[O-])c(OC)c1. The Bertz CT molecular complexity index is 1250. The fraction of sp³-hybridized carbons (Fsp3) is 0.286.